The summed E-state index contributed by atoms with van der Waals surface area (Å²) in [6.45, 7) is 2.34. The van der Waals surface area contributed by atoms with Crippen molar-refractivity contribution in [2.75, 3.05) is 36.4 Å². The molecule has 1 N–H and O–H groups in total. The molecule has 1 fully saturated rings. The average Bonchev–Trinajstić information content (AvgIpc) is 2.91. The number of nitrogens with zero attached hydrogens (tertiary/aromatic N) is 3. The molecule has 8 nitrogen and oxygen atoms in total. The Hall–Kier alpha value is -3.13. The van der Waals surface area contributed by atoms with Crippen LogP contribution in [0.1, 0.15) is 12.1 Å². The van der Waals surface area contributed by atoms with Gasteiger partial charge in [0.15, 0.2) is 5.75 Å². The first kappa shape index (κ1) is 19.2. The molecule has 4 rings (SSSR count). The number of ether oxygens (including phenoxy) is 1. The number of halogens is 1. The molecule has 3 heterocycles. The molecule has 1 aromatic heterocycles. The Labute approximate surface area is 172 Å². The molecule has 0 unspecified atom stereocenters. The van der Waals surface area contributed by atoms with Crippen LogP contribution in [-0.4, -0.2) is 53.8 Å². The number of nitrogens with one attached hydrogen (secondary N) is 1. The summed E-state index contributed by atoms with van der Waals surface area (Å²) in [4.78, 5) is 44.1. The number of amides is 2. The summed E-state index contributed by atoms with van der Waals surface area (Å²) in [7, 11) is 0. The second-order valence-corrected chi connectivity index (χ2v) is 7.32. The fourth-order valence-electron chi connectivity index (χ4n) is 3.42. The lowest BCUT2D eigenvalue weighted by atomic mass is 10.2. The number of carbonyl (C=O) groups excluding carboxylic acids is 3. The van der Waals surface area contributed by atoms with E-state index in [2.05, 4.69) is 15.2 Å². The van der Waals surface area contributed by atoms with Crippen LogP contribution in [0.2, 0.25) is 5.02 Å². The van der Waals surface area contributed by atoms with E-state index >= 15 is 0 Å². The summed E-state index contributed by atoms with van der Waals surface area (Å²) < 4.78 is 5.02. The van der Waals surface area contributed by atoms with E-state index in [1.165, 1.54) is 12.3 Å². The van der Waals surface area contributed by atoms with Crippen molar-refractivity contribution < 1.29 is 19.1 Å². The highest BCUT2D eigenvalue weighted by Crippen LogP contribution is 2.26. The van der Waals surface area contributed by atoms with E-state index in [-0.39, 0.29) is 12.4 Å². The SMILES string of the molecule is O=C1Cc2ncc(NC(=O)C(=O)N3CCCN(c4ccc(Cl)cc4)CC3)cc2O1. The topological polar surface area (TPSA) is 91.8 Å². The van der Waals surface area contributed by atoms with Gasteiger partial charge in [0.05, 0.1) is 24.0 Å². The molecule has 2 aliphatic heterocycles. The van der Waals surface area contributed by atoms with Gasteiger partial charge in [-0.2, -0.15) is 0 Å². The predicted molar refractivity (Wildman–Crippen MR) is 107 cm³/mol. The van der Waals surface area contributed by atoms with Gasteiger partial charge in [-0.15, -0.1) is 0 Å². The van der Waals surface area contributed by atoms with Crippen LogP contribution < -0.4 is 15.0 Å². The third kappa shape index (κ3) is 4.32. The lowest BCUT2D eigenvalue weighted by Gasteiger charge is -2.23. The molecule has 9 heteroatoms. The fourth-order valence-corrected chi connectivity index (χ4v) is 3.54. The van der Waals surface area contributed by atoms with Gasteiger partial charge in [-0.3, -0.25) is 19.4 Å². The molecule has 0 spiro atoms. The minimum Gasteiger partial charge on any atom is -0.424 e. The van der Waals surface area contributed by atoms with E-state index < -0.39 is 11.8 Å². The molecule has 0 saturated carbocycles. The maximum atomic E-state index is 12.6. The first-order valence-electron chi connectivity index (χ1n) is 9.30. The fraction of sp³-hybridized carbons (Fsp3) is 0.300. The highest BCUT2D eigenvalue weighted by atomic mass is 35.5. The van der Waals surface area contributed by atoms with Gasteiger partial charge < -0.3 is 19.9 Å². The molecule has 1 saturated heterocycles. The summed E-state index contributed by atoms with van der Waals surface area (Å²) in [6.07, 6.45) is 2.27. The summed E-state index contributed by atoms with van der Waals surface area (Å²) in [5.41, 5.74) is 1.87. The highest BCUT2D eigenvalue weighted by molar-refractivity contribution is 6.39. The standard InChI is InChI=1S/C20H19ClN4O4/c21-13-2-4-15(5-3-13)24-6-1-7-25(9-8-24)20(28)19(27)23-14-10-17-16(22-12-14)11-18(26)29-17/h2-5,10,12H,1,6-9,11H2,(H,23,27). The Morgan fingerprint density at radius 3 is 2.69 bits per heavy atom. The van der Waals surface area contributed by atoms with Crippen LogP contribution in [0.4, 0.5) is 11.4 Å². The zero-order valence-electron chi connectivity index (χ0n) is 15.6. The van der Waals surface area contributed by atoms with Gasteiger partial charge in [0, 0.05) is 43.0 Å². The normalized spacial score (nSPS) is 16.1. The molecule has 150 valence electrons. The number of anilines is 2. The van der Waals surface area contributed by atoms with Crippen molar-refractivity contribution in [3.8, 4) is 5.75 Å². The van der Waals surface area contributed by atoms with Crippen LogP contribution in [0, 0.1) is 0 Å². The van der Waals surface area contributed by atoms with Crippen molar-refractivity contribution in [3.63, 3.8) is 0 Å². The van der Waals surface area contributed by atoms with Gasteiger partial charge in [0.2, 0.25) is 0 Å². The lowest BCUT2D eigenvalue weighted by Crippen LogP contribution is -2.41. The molecule has 2 aromatic rings. The third-order valence-corrected chi connectivity index (χ3v) is 5.15. The Morgan fingerprint density at radius 2 is 1.90 bits per heavy atom. The second kappa shape index (κ2) is 8.08. The molecule has 2 amide bonds. The summed E-state index contributed by atoms with van der Waals surface area (Å²) in [5, 5.41) is 3.21. The Morgan fingerprint density at radius 1 is 1.10 bits per heavy atom. The number of rotatable bonds is 2. The number of hydrogen-bond donors (Lipinski definition) is 1. The monoisotopic (exact) mass is 414 g/mol. The molecule has 0 radical (unpaired) electrons. The maximum absolute atomic E-state index is 12.6. The predicted octanol–water partition coefficient (Wildman–Crippen LogP) is 1.87. The number of pyridine rings is 1. The molecule has 0 aliphatic carbocycles. The number of esters is 1. The highest BCUT2D eigenvalue weighted by Gasteiger charge is 2.26. The average molecular weight is 415 g/mol. The Kier molecular flexibility index (Phi) is 5.35. The number of benzene rings is 1. The van der Waals surface area contributed by atoms with Crippen molar-refractivity contribution in [2.24, 2.45) is 0 Å². The van der Waals surface area contributed by atoms with Gasteiger partial charge in [-0.1, -0.05) is 11.6 Å². The zero-order chi connectivity index (χ0) is 20.4. The van der Waals surface area contributed by atoms with Crippen molar-refractivity contribution >= 4 is 40.8 Å². The first-order valence-corrected chi connectivity index (χ1v) is 9.68. The van der Waals surface area contributed by atoms with E-state index in [0.29, 0.717) is 41.8 Å². The first-order chi connectivity index (χ1) is 14.0. The summed E-state index contributed by atoms with van der Waals surface area (Å²) in [5.74, 6) is -1.41. The lowest BCUT2D eigenvalue weighted by molar-refractivity contribution is -0.143. The Bertz CT molecular complexity index is 963. The molecule has 2 aliphatic rings. The van der Waals surface area contributed by atoms with Crippen molar-refractivity contribution in [1.82, 2.24) is 9.88 Å². The molecule has 29 heavy (non-hydrogen) atoms. The third-order valence-electron chi connectivity index (χ3n) is 4.89. The summed E-state index contributed by atoms with van der Waals surface area (Å²) >= 11 is 5.94. The van der Waals surface area contributed by atoms with Gasteiger partial charge in [0.1, 0.15) is 0 Å². The molecular formula is C20H19ClN4O4. The second-order valence-electron chi connectivity index (χ2n) is 6.88. The minimum absolute atomic E-state index is 0.111. The van der Waals surface area contributed by atoms with E-state index in [9.17, 15) is 14.4 Å². The molecular weight excluding hydrogens is 396 g/mol. The van der Waals surface area contributed by atoms with Crippen molar-refractivity contribution in [2.45, 2.75) is 12.8 Å². The zero-order valence-corrected chi connectivity index (χ0v) is 16.3. The van der Waals surface area contributed by atoms with Gasteiger partial charge in [0.25, 0.3) is 0 Å². The largest absolute Gasteiger partial charge is 0.424 e. The van der Waals surface area contributed by atoms with Gasteiger partial charge in [-0.05, 0) is 30.7 Å². The summed E-state index contributed by atoms with van der Waals surface area (Å²) in [6, 6.07) is 9.06. The van der Waals surface area contributed by atoms with Crippen molar-refractivity contribution in [3.05, 3.63) is 47.2 Å². The molecule has 0 atom stereocenters. The van der Waals surface area contributed by atoms with E-state index in [4.69, 9.17) is 16.3 Å². The maximum Gasteiger partial charge on any atom is 0.317 e. The van der Waals surface area contributed by atoms with Gasteiger partial charge >= 0.3 is 17.8 Å². The van der Waals surface area contributed by atoms with E-state index in [1.54, 1.807) is 4.90 Å². The van der Waals surface area contributed by atoms with Crippen LogP contribution in [0.15, 0.2) is 36.5 Å². The number of hydrogen-bond acceptors (Lipinski definition) is 6. The minimum atomic E-state index is -0.740. The van der Waals surface area contributed by atoms with Crippen LogP contribution in [0.3, 0.4) is 0 Å². The Balaban J connectivity index is 1.36. The van der Waals surface area contributed by atoms with Gasteiger partial charge in [-0.25, -0.2) is 0 Å². The van der Waals surface area contributed by atoms with Crippen molar-refractivity contribution in [1.29, 1.82) is 0 Å². The van der Waals surface area contributed by atoms with Crippen LogP contribution in [-0.2, 0) is 20.8 Å². The van der Waals surface area contributed by atoms with Crippen LogP contribution in [0.5, 0.6) is 5.75 Å². The van der Waals surface area contributed by atoms with Crippen LogP contribution in [0.25, 0.3) is 0 Å². The smallest absolute Gasteiger partial charge is 0.317 e. The van der Waals surface area contributed by atoms with E-state index in [1.807, 2.05) is 24.3 Å². The molecule has 0 bridgehead atoms. The quantitative estimate of drug-likeness (QED) is 0.596. The number of fused-ring (bicyclic) bond motifs is 1. The molecule has 1 aromatic carbocycles. The van der Waals surface area contributed by atoms with Crippen LogP contribution >= 0.6 is 11.6 Å². The number of aromatic nitrogens is 1. The van der Waals surface area contributed by atoms with E-state index in [0.717, 1.165) is 18.7 Å². The number of carbonyl (C=O) groups is 3.